The van der Waals surface area contributed by atoms with Gasteiger partial charge in [-0.1, -0.05) is 53.2 Å². The van der Waals surface area contributed by atoms with Crippen LogP contribution in [-0.2, 0) is 11.3 Å². The molecule has 150 valence electrons. The molecule has 0 saturated carbocycles. The standard InChI is InChI=1S/C22H23ClN4O2/c1-16(17-6-3-2-4-7-17)22(28)27-12-10-26(11-13-27)15-20-24-21(29-25-20)18-8-5-9-19(23)14-18/h2-9,14,16H,10-13,15H2,1H3/t16-/m0/s1. The van der Waals surface area contributed by atoms with Crippen molar-refractivity contribution in [1.29, 1.82) is 0 Å². The van der Waals surface area contributed by atoms with Gasteiger partial charge in [0.1, 0.15) is 0 Å². The summed E-state index contributed by atoms with van der Waals surface area (Å²) in [5.41, 5.74) is 1.86. The van der Waals surface area contributed by atoms with Gasteiger partial charge in [0.15, 0.2) is 5.82 Å². The van der Waals surface area contributed by atoms with Crippen molar-refractivity contribution in [3.8, 4) is 11.5 Å². The lowest BCUT2D eigenvalue weighted by molar-refractivity contribution is -0.134. The van der Waals surface area contributed by atoms with Gasteiger partial charge in [-0.25, -0.2) is 0 Å². The van der Waals surface area contributed by atoms with Crippen LogP contribution in [0.5, 0.6) is 0 Å². The van der Waals surface area contributed by atoms with Gasteiger partial charge >= 0.3 is 0 Å². The smallest absolute Gasteiger partial charge is 0.258 e. The summed E-state index contributed by atoms with van der Waals surface area (Å²) >= 11 is 6.03. The van der Waals surface area contributed by atoms with Gasteiger partial charge in [0.05, 0.1) is 12.5 Å². The van der Waals surface area contributed by atoms with Crippen LogP contribution in [0.1, 0.15) is 24.2 Å². The zero-order chi connectivity index (χ0) is 20.2. The van der Waals surface area contributed by atoms with E-state index in [0.717, 1.165) is 24.2 Å². The van der Waals surface area contributed by atoms with E-state index < -0.39 is 0 Å². The first-order valence-electron chi connectivity index (χ1n) is 9.75. The van der Waals surface area contributed by atoms with E-state index in [-0.39, 0.29) is 11.8 Å². The topological polar surface area (TPSA) is 62.5 Å². The molecule has 4 rings (SSSR count). The predicted molar refractivity (Wildman–Crippen MR) is 111 cm³/mol. The molecule has 1 aliphatic heterocycles. The summed E-state index contributed by atoms with van der Waals surface area (Å²) < 4.78 is 5.38. The Bertz CT molecular complexity index is 968. The number of aromatic nitrogens is 2. The normalized spacial score (nSPS) is 16.0. The molecular formula is C22H23ClN4O2. The first-order valence-corrected chi connectivity index (χ1v) is 10.1. The summed E-state index contributed by atoms with van der Waals surface area (Å²) in [7, 11) is 0. The predicted octanol–water partition coefficient (Wildman–Crippen LogP) is 3.84. The Morgan fingerprint density at radius 1 is 1.10 bits per heavy atom. The number of piperazine rings is 1. The number of nitrogens with zero attached hydrogens (tertiary/aromatic N) is 4. The fourth-order valence-corrected chi connectivity index (χ4v) is 3.73. The molecule has 1 saturated heterocycles. The highest BCUT2D eigenvalue weighted by Gasteiger charge is 2.26. The van der Waals surface area contributed by atoms with E-state index in [1.807, 2.05) is 60.4 Å². The first kappa shape index (κ1) is 19.6. The maximum Gasteiger partial charge on any atom is 0.258 e. The number of carbonyl (C=O) groups excluding carboxylic acids is 1. The number of halogens is 1. The third kappa shape index (κ3) is 4.66. The number of hydrogen-bond donors (Lipinski definition) is 0. The SMILES string of the molecule is C[C@H](C(=O)N1CCN(Cc2noc(-c3cccc(Cl)c3)n2)CC1)c1ccccc1. The Hall–Kier alpha value is -2.70. The number of amides is 1. The molecule has 2 aromatic carbocycles. The Morgan fingerprint density at radius 2 is 1.86 bits per heavy atom. The van der Waals surface area contributed by atoms with Crippen LogP contribution in [0.15, 0.2) is 59.1 Å². The zero-order valence-electron chi connectivity index (χ0n) is 16.3. The van der Waals surface area contributed by atoms with Crippen LogP contribution >= 0.6 is 11.6 Å². The lowest BCUT2D eigenvalue weighted by atomic mass is 9.99. The fraction of sp³-hybridized carbons (Fsp3) is 0.318. The molecule has 1 atom stereocenters. The van der Waals surface area contributed by atoms with Gasteiger partial charge in [0, 0.05) is 36.8 Å². The van der Waals surface area contributed by atoms with E-state index in [9.17, 15) is 4.79 Å². The molecule has 29 heavy (non-hydrogen) atoms. The Morgan fingerprint density at radius 3 is 2.59 bits per heavy atom. The van der Waals surface area contributed by atoms with Crippen molar-refractivity contribution in [3.63, 3.8) is 0 Å². The lowest BCUT2D eigenvalue weighted by Crippen LogP contribution is -2.49. The molecule has 3 aromatic rings. The first-order chi connectivity index (χ1) is 14.1. The molecule has 0 bridgehead atoms. The molecule has 0 spiro atoms. The second kappa shape index (κ2) is 8.76. The van der Waals surface area contributed by atoms with Crippen LogP contribution in [0.25, 0.3) is 11.5 Å². The number of benzene rings is 2. The van der Waals surface area contributed by atoms with Gasteiger partial charge in [-0.05, 0) is 30.7 Å². The summed E-state index contributed by atoms with van der Waals surface area (Å²) in [6.07, 6.45) is 0. The van der Waals surface area contributed by atoms with E-state index >= 15 is 0 Å². The largest absolute Gasteiger partial charge is 0.340 e. The monoisotopic (exact) mass is 410 g/mol. The molecule has 1 aromatic heterocycles. The van der Waals surface area contributed by atoms with Crippen molar-refractivity contribution in [2.45, 2.75) is 19.4 Å². The average Bonchev–Trinajstić information content (AvgIpc) is 3.22. The third-order valence-electron chi connectivity index (χ3n) is 5.26. The summed E-state index contributed by atoms with van der Waals surface area (Å²) in [6, 6.07) is 17.3. The van der Waals surface area contributed by atoms with Gasteiger partial charge in [-0.3, -0.25) is 9.69 Å². The quantitative estimate of drug-likeness (QED) is 0.639. The van der Waals surface area contributed by atoms with E-state index in [2.05, 4.69) is 15.0 Å². The Labute approximate surface area is 175 Å². The molecule has 1 amide bonds. The van der Waals surface area contributed by atoms with Gasteiger partial charge in [0.25, 0.3) is 5.89 Å². The highest BCUT2D eigenvalue weighted by Crippen LogP contribution is 2.22. The fourth-order valence-electron chi connectivity index (χ4n) is 3.54. The summed E-state index contributed by atoms with van der Waals surface area (Å²) in [4.78, 5) is 21.5. The Kier molecular flexibility index (Phi) is 5.92. The van der Waals surface area contributed by atoms with Crippen LogP contribution in [0.3, 0.4) is 0 Å². The molecule has 1 aliphatic rings. The van der Waals surface area contributed by atoms with Crippen LogP contribution < -0.4 is 0 Å². The van der Waals surface area contributed by atoms with Gasteiger partial charge < -0.3 is 9.42 Å². The maximum atomic E-state index is 12.8. The van der Waals surface area contributed by atoms with E-state index in [1.54, 1.807) is 6.07 Å². The number of rotatable bonds is 5. The molecular weight excluding hydrogens is 388 g/mol. The van der Waals surface area contributed by atoms with Crippen molar-refractivity contribution in [3.05, 3.63) is 71.0 Å². The molecule has 0 radical (unpaired) electrons. The highest BCUT2D eigenvalue weighted by molar-refractivity contribution is 6.30. The minimum absolute atomic E-state index is 0.125. The second-order valence-electron chi connectivity index (χ2n) is 7.26. The van der Waals surface area contributed by atoms with E-state index in [0.29, 0.717) is 36.4 Å². The van der Waals surface area contributed by atoms with Gasteiger partial charge in [0.2, 0.25) is 5.91 Å². The highest BCUT2D eigenvalue weighted by atomic mass is 35.5. The molecule has 7 heteroatoms. The van der Waals surface area contributed by atoms with Crippen molar-refractivity contribution in [2.24, 2.45) is 0 Å². The molecule has 0 N–H and O–H groups in total. The third-order valence-corrected chi connectivity index (χ3v) is 5.49. The molecule has 6 nitrogen and oxygen atoms in total. The van der Waals surface area contributed by atoms with Crippen molar-refractivity contribution < 1.29 is 9.32 Å². The second-order valence-corrected chi connectivity index (χ2v) is 7.70. The van der Waals surface area contributed by atoms with Crippen LogP contribution in [0, 0.1) is 0 Å². The number of hydrogen-bond acceptors (Lipinski definition) is 5. The minimum atomic E-state index is -0.125. The number of carbonyl (C=O) groups is 1. The average molecular weight is 411 g/mol. The van der Waals surface area contributed by atoms with Crippen LogP contribution in [0.4, 0.5) is 0 Å². The van der Waals surface area contributed by atoms with Crippen molar-refractivity contribution in [1.82, 2.24) is 19.9 Å². The zero-order valence-corrected chi connectivity index (χ0v) is 17.0. The minimum Gasteiger partial charge on any atom is -0.340 e. The summed E-state index contributed by atoms with van der Waals surface area (Å²) in [5, 5.41) is 4.72. The van der Waals surface area contributed by atoms with E-state index in [4.69, 9.17) is 16.1 Å². The molecule has 0 aliphatic carbocycles. The van der Waals surface area contributed by atoms with Crippen LogP contribution in [-0.4, -0.2) is 52.0 Å². The van der Waals surface area contributed by atoms with E-state index in [1.165, 1.54) is 0 Å². The van der Waals surface area contributed by atoms with Gasteiger partial charge in [-0.15, -0.1) is 0 Å². The maximum absolute atomic E-state index is 12.8. The molecule has 2 heterocycles. The molecule has 0 unspecified atom stereocenters. The van der Waals surface area contributed by atoms with Gasteiger partial charge in [-0.2, -0.15) is 4.98 Å². The van der Waals surface area contributed by atoms with Crippen molar-refractivity contribution >= 4 is 17.5 Å². The van der Waals surface area contributed by atoms with Crippen LogP contribution in [0.2, 0.25) is 5.02 Å². The molecule has 1 fully saturated rings. The summed E-state index contributed by atoms with van der Waals surface area (Å²) in [6.45, 7) is 5.55. The lowest BCUT2D eigenvalue weighted by Gasteiger charge is -2.35. The van der Waals surface area contributed by atoms with Crippen molar-refractivity contribution in [2.75, 3.05) is 26.2 Å². The Balaban J connectivity index is 1.32. The summed E-state index contributed by atoms with van der Waals surface area (Å²) in [5.74, 6) is 1.16.